The van der Waals surface area contributed by atoms with E-state index in [1.165, 1.54) is 30.5 Å². The Labute approximate surface area is 202 Å². The molecule has 0 atom stereocenters. The van der Waals surface area contributed by atoms with E-state index in [0.717, 1.165) is 27.4 Å². The number of carbonyl (C=O) groups is 1. The van der Waals surface area contributed by atoms with Crippen LogP contribution in [0.5, 0.6) is 5.75 Å². The van der Waals surface area contributed by atoms with Crippen molar-refractivity contribution in [1.29, 1.82) is 0 Å². The number of hydrazone groups is 1. The van der Waals surface area contributed by atoms with E-state index in [1.807, 2.05) is 48.5 Å². The quantitative estimate of drug-likeness (QED) is 0.227. The Morgan fingerprint density at radius 2 is 1.75 bits per heavy atom. The third-order valence-electron chi connectivity index (χ3n) is 5.32. The van der Waals surface area contributed by atoms with E-state index in [1.54, 1.807) is 23.0 Å². The summed E-state index contributed by atoms with van der Waals surface area (Å²) < 4.78 is 43.0. The van der Waals surface area contributed by atoms with Crippen LogP contribution in [-0.2, 0) is 0 Å². The number of halogens is 3. The molecule has 0 saturated heterocycles. The SMILES string of the molecule is O=C(NN=Cc1ccc2c(ccc3c2ncn3-c2ccc(OC(F)(F)F)cc2)c1)Nc1ccccc1. The second kappa shape index (κ2) is 9.41. The van der Waals surface area contributed by atoms with Crippen LogP contribution in [0, 0.1) is 0 Å². The van der Waals surface area contributed by atoms with Gasteiger partial charge in [-0.2, -0.15) is 5.10 Å². The van der Waals surface area contributed by atoms with Crippen LogP contribution in [0.4, 0.5) is 23.7 Å². The maximum absolute atomic E-state index is 12.4. The van der Waals surface area contributed by atoms with E-state index in [-0.39, 0.29) is 5.75 Å². The van der Waals surface area contributed by atoms with Crippen molar-refractivity contribution in [2.24, 2.45) is 5.10 Å². The van der Waals surface area contributed by atoms with Gasteiger partial charge in [0.2, 0.25) is 0 Å². The fourth-order valence-corrected chi connectivity index (χ4v) is 3.77. The lowest BCUT2D eigenvalue weighted by atomic mass is 10.1. The van der Waals surface area contributed by atoms with Crippen LogP contribution in [0.25, 0.3) is 27.5 Å². The van der Waals surface area contributed by atoms with Crippen molar-refractivity contribution in [1.82, 2.24) is 15.0 Å². The summed E-state index contributed by atoms with van der Waals surface area (Å²) in [6.45, 7) is 0. The van der Waals surface area contributed by atoms with E-state index in [0.29, 0.717) is 11.4 Å². The number of anilines is 1. The summed E-state index contributed by atoms with van der Waals surface area (Å²) in [6.07, 6.45) is -1.58. The summed E-state index contributed by atoms with van der Waals surface area (Å²) in [6, 6.07) is 23.6. The van der Waals surface area contributed by atoms with E-state index in [2.05, 4.69) is 25.6 Å². The number of alkyl halides is 3. The minimum atomic E-state index is -4.74. The molecular formula is C26H18F3N5O2. The Morgan fingerprint density at radius 3 is 2.50 bits per heavy atom. The summed E-state index contributed by atoms with van der Waals surface area (Å²) in [4.78, 5) is 16.5. The zero-order chi connectivity index (χ0) is 25.1. The van der Waals surface area contributed by atoms with Crippen LogP contribution in [0.2, 0.25) is 0 Å². The number of rotatable bonds is 5. The minimum Gasteiger partial charge on any atom is -0.406 e. The Morgan fingerprint density at radius 1 is 0.972 bits per heavy atom. The van der Waals surface area contributed by atoms with Crippen molar-refractivity contribution in [3.8, 4) is 11.4 Å². The van der Waals surface area contributed by atoms with Crippen LogP contribution >= 0.6 is 0 Å². The monoisotopic (exact) mass is 489 g/mol. The average molecular weight is 489 g/mol. The molecular weight excluding hydrogens is 471 g/mol. The highest BCUT2D eigenvalue weighted by atomic mass is 19.4. The molecule has 0 aliphatic rings. The molecule has 0 saturated carbocycles. The summed E-state index contributed by atoms with van der Waals surface area (Å²) in [7, 11) is 0. The first-order chi connectivity index (χ1) is 17.4. The fraction of sp³-hybridized carbons (Fsp3) is 0.0385. The third kappa shape index (κ3) is 5.12. The van der Waals surface area contributed by atoms with Crippen LogP contribution in [0.3, 0.4) is 0 Å². The van der Waals surface area contributed by atoms with Gasteiger partial charge in [0, 0.05) is 16.8 Å². The summed E-state index contributed by atoms with van der Waals surface area (Å²) in [5.74, 6) is -0.289. The van der Waals surface area contributed by atoms with Gasteiger partial charge >= 0.3 is 12.4 Å². The molecule has 0 spiro atoms. The van der Waals surface area contributed by atoms with Crippen LogP contribution in [-0.4, -0.2) is 28.2 Å². The Bertz CT molecular complexity index is 1560. The number of imidazole rings is 1. The van der Waals surface area contributed by atoms with Gasteiger partial charge in [-0.25, -0.2) is 15.2 Å². The molecule has 0 bridgehead atoms. The molecule has 180 valence electrons. The van der Waals surface area contributed by atoms with Gasteiger partial charge in [0.15, 0.2) is 0 Å². The molecule has 0 unspecified atom stereocenters. The second-order valence-corrected chi connectivity index (χ2v) is 7.76. The minimum absolute atomic E-state index is 0.289. The van der Waals surface area contributed by atoms with Crippen LogP contribution in [0.1, 0.15) is 5.56 Å². The van der Waals surface area contributed by atoms with Gasteiger partial charge in [0.25, 0.3) is 0 Å². The highest BCUT2D eigenvalue weighted by Gasteiger charge is 2.31. The van der Waals surface area contributed by atoms with Gasteiger partial charge < -0.3 is 10.1 Å². The standard InChI is InChI=1S/C26H18F3N5O2/c27-26(28,29)36-21-10-8-20(9-11-21)34-16-30-24-22-12-6-17(14-18(22)7-13-23(24)34)15-31-33-25(35)32-19-4-2-1-3-5-19/h1-16H,(H2,32,33,35). The maximum Gasteiger partial charge on any atom is 0.573 e. The maximum atomic E-state index is 12.4. The summed E-state index contributed by atoms with van der Waals surface area (Å²) in [5, 5.41) is 8.48. The Hall–Kier alpha value is -4.86. The number of ether oxygens (including phenoxy) is 1. The van der Waals surface area contributed by atoms with Crippen LogP contribution < -0.4 is 15.5 Å². The van der Waals surface area contributed by atoms with Crippen LogP contribution in [0.15, 0.2) is 96.4 Å². The van der Waals surface area contributed by atoms with E-state index >= 15 is 0 Å². The third-order valence-corrected chi connectivity index (χ3v) is 5.32. The number of benzene rings is 4. The molecule has 1 aromatic heterocycles. The normalized spacial score (nSPS) is 11.8. The van der Waals surface area contributed by atoms with Crippen molar-refractivity contribution in [3.05, 3.63) is 96.8 Å². The molecule has 0 aliphatic carbocycles. The molecule has 5 aromatic rings. The number of amides is 2. The lowest BCUT2D eigenvalue weighted by Crippen LogP contribution is -2.24. The highest BCUT2D eigenvalue weighted by Crippen LogP contribution is 2.28. The number of nitrogens with zero attached hydrogens (tertiary/aromatic N) is 3. The molecule has 0 fully saturated rings. The first-order valence-corrected chi connectivity index (χ1v) is 10.8. The van der Waals surface area contributed by atoms with Gasteiger partial charge in [0.05, 0.1) is 17.2 Å². The number of para-hydroxylation sites is 1. The van der Waals surface area contributed by atoms with E-state index < -0.39 is 12.4 Å². The molecule has 0 radical (unpaired) electrons. The molecule has 1 heterocycles. The molecule has 10 heteroatoms. The topological polar surface area (TPSA) is 80.5 Å². The highest BCUT2D eigenvalue weighted by molar-refractivity contribution is 6.06. The fourth-order valence-electron chi connectivity index (χ4n) is 3.77. The predicted molar refractivity (Wildman–Crippen MR) is 131 cm³/mol. The Balaban J connectivity index is 1.33. The molecule has 0 aliphatic heterocycles. The predicted octanol–water partition coefficient (Wildman–Crippen LogP) is 6.23. The zero-order valence-corrected chi connectivity index (χ0v) is 18.5. The van der Waals surface area contributed by atoms with Crippen molar-refractivity contribution < 1.29 is 22.7 Å². The van der Waals surface area contributed by atoms with Crippen molar-refractivity contribution in [2.45, 2.75) is 6.36 Å². The smallest absolute Gasteiger partial charge is 0.406 e. The zero-order valence-electron chi connectivity index (χ0n) is 18.5. The first kappa shape index (κ1) is 22.9. The second-order valence-electron chi connectivity index (χ2n) is 7.76. The lowest BCUT2D eigenvalue weighted by Gasteiger charge is -2.10. The Kier molecular flexibility index (Phi) is 5.99. The summed E-state index contributed by atoms with van der Waals surface area (Å²) >= 11 is 0. The van der Waals surface area contributed by atoms with E-state index in [9.17, 15) is 18.0 Å². The summed E-state index contributed by atoms with van der Waals surface area (Å²) in [5.41, 5.74) is 6.05. The molecule has 5 rings (SSSR count). The number of hydrogen-bond acceptors (Lipinski definition) is 4. The molecule has 2 amide bonds. The van der Waals surface area contributed by atoms with Crippen molar-refractivity contribution in [2.75, 3.05) is 5.32 Å². The number of urea groups is 1. The number of nitrogens with one attached hydrogen (secondary N) is 2. The number of aromatic nitrogens is 2. The number of carbonyl (C=O) groups excluding carboxylic acids is 1. The van der Waals surface area contributed by atoms with Gasteiger partial charge in [-0.1, -0.05) is 36.4 Å². The van der Waals surface area contributed by atoms with Gasteiger partial charge in [-0.3, -0.25) is 4.57 Å². The molecule has 36 heavy (non-hydrogen) atoms. The van der Waals surface area contributed by atoms with Gasteiger partial charge in [-0.05, 0) is 59.5 Å². The van der Waals surface area contributed by atoms with Crippen molar-refractivity contribution in [3.63, 3.8) is 0 Å². The average Bonchev–Trinajstić information content (AvgIpc) is 3.29. The first-order valence-electron chi connectivity index (χ1n) is 10.8. The van der Waals surface area contributed by atoms with Gasteiger partial charge in [-0.15, -0.1) is 13.2 Å². The van der Waals surface area contributed by atoms with E-state index in [4.69, 9.17) is 0 Å². The number of hydrogen-bond donors (Lipinski definition) is 2. The molecule has 7 nitrogen and oxygen atoms in total. The molecule has 4 aromatic carbocycles. The lowest BCUT2D eigenvalue weighted by molar-refractivity contribution is -0.274. The molecule has 2 N–H and O–H groups in total. The van der Waals surface area contributed by atoms with Crippen molar-refractivity contribution >= 4 is 39.7 Å². The number of fused-ring (bicyclic) bond motifs is 3. The van der Waals surface area contributed by atoms with Gasteiger partial charge in [0.1, 0.15) is 12.1 Å². The largest absolute Gasteiger partial charge is 0.573 e.